The third-order valence-corrected chi connectivity index (χ3v) is 3.05. The van der Waals surface area contributed by atoms with Gasteiger partial charge in [-0.25, -0.2) is 4.98 Å². The molecule has 2 rings (SSSR count). The van der Waals surface area contributed by atoms with Crippen molar-refractivity contribution in [2.45, 2.75) is 32.7 Å². The number of aromatic nitrogens is 1. The molecule has 0 unspecified atom stereocenters. The molecule has 0 bridgehead atoms. The lowest BCUT2D eigenvalue weighted by molar-refractivity contribution is 0.484. The maximum atomic E-state index is 5.86. The van der Waals surface area contributed by atoms with Crippen LogP contribution in [0.2, 0.25) is 5.02 Å². The molecule has 0 radical (unpaired) electrons. The summed E-state index contributed by atoms with van der Waals surface area (Å²) in [6.07, 6.45) is 3.65. The van der Waals surface area contributed by atoms with E-state index in [2.05, 4.69) is 24.1 Å². The zero-order chi connectivity index (χ0) is 13.7. The van der Waals surface area contributed by atoms with Gasteiger partial charge in [0.2, 0.25) is 0 Å². The number of hydrogen-bond acceptors (Lipinski definition) is 3. The fourth-order valence-electron chi connectivity index (χ4n) is 1.80. The second-order valence-corrected chi connectivity index (χ2v) is 5.27. The molecule has 0 spiro atoms. The molecule has 0 aliphatic carbocycles. The normalized spacial score (nSPS) is 11.2. The van der Waals surface area contributed by atoms with Crippen LogP contribution in [0.1, 0.15) is 26.2 Å². The summed E-state index contributed by atoms with van der Waals surface area (Å²) < 4.78 is 5.73. The van der Waals surface area contributed by atoms with E-state index in [1.807, 2.05) is 24.3 Å². The Morgan fingerprint density at radius 1 is 1.26 bits per heavy atom. The second-order valence-electron chi connectivity index (χ2n) is 4.84. The molecule has 0 aliphatic rings. The lowest BCUT2D eigenvalue weighted by Crippen LogP contribution is -2.23. The number of benzene rings is 1. The minimum atomic E-state index is 0.522. The van der Waals surface area contributed by atoms with Gasteiger partial charge in [-0.1, -0.05) is 25.4 Å². The van der Waals surface area contributed by atoms with Gasteiger partial charge in [0, 0.05) is 23.0 Å². The van der Waals surface area contributed by atoms with E-state index < -0.39 is 0 Å². The van der Waals surface area contributed by atoms with Crippen molar-refractivity contribution >= 4 is 11.6 Å². The Labute approximate surface area is 119 Å². The van der Waals surface area contributed by atoms with E-state index in [4.69, 9.17) is 16.0 Å². The van der Waals surface area contributed by atoms with Crippen LogP contribution in [0.5, 0.6) is 0 Å². The molecule has 0 saturated heterocycles. The fraction of sp³-hybridized carbons (Fsp3) is 0.400. The van der Waals surface area contributed by atoms with Gasteiger partial charge in [-0.15, -0.1) is 0 Å². The first-order chi connectivity index (χ1) is 9.15. The van der Waals surface area contributed by atoms with Crippen molar-refractivity contribution in [3.05, 3.63) is 41.4 Å². The molecule has 0 amide bonds. The molecular weight excluding hydrogens is 260 g/mol. The van der Waals surface area contributed by atoms with Crippen LogP contribution in [0.3, 0.4) is 0 Å². The average Bonchev–Trinajstić information content (AvgIpc) is 2.84. The summed E-state index contributed by atoms with van der Waals surface area (Å²) in [5.74, 6) is 1.58. The van der Waals surface area contributed by atoms with Gasteiger partial charge in [0.25, 0.3) is 0 Å². The standard InChI is InChI=1S/C15H19ClN2O/c1-11(2)17-9-3-4-15-18-10-14(19-15)12-5-7-13(16)8-6-12/h5-8,10-11,17H,3-4,9H2,1-2H3. The van der Waals surface area contributed by atoms with Crippen molar-refractivity contribution in [3.63, 3.8) is 0 Å². The van der Waals surface area contributed by atoms with Crippen LogP contribution < -0.4 is 5.32 Å². The number of oxazole rings is 1. The maximum Gasteiger partial charge on any atom is 0.194 e. The number of nitrogens with one attached hydrogen (secondary N) is 1. The molecule has 3 nitrogen and oxygen atoms in total. The van der Waals surface area contributed by atoms with E-state index in [9.17, 15) is 0 Å². The van der Waals surface area contributed by atoms with Crippen LogP contribution >= 0.6 is 11.6 Å². The highest BCUT2D eigenvalue weighted by molar-refractivity contribution is 6.30. The van der Waals surface area contributed by atoms with Gasteiger partial charge >= 0.3 is 0 Å². The van der Waals surface area contributed by atoms with E-state index in [0.717, 1.165) is 41.6 Å². The summed E-state index contributed by atoms with van der Waals surface area (Å²) in [7, 11) is 0. The van der Waals surface area contributed by atoms with Gasteiger partial charge in [-0.05, 0) is 37.2 Å². The molecule has 102 valence electrons. The van der Waals surface area contributed by atoms with Crippen molar-refractivity contribution in [2.24, 2.45) is 0 Å². The summed E-state index contributed by atoms with van der Waals surface area (Å²) in [6, 6.07) is 8.10. The van der Waals surface area contributed by atoms with Crippen LogP contribution in [0.4, 0.5) is 0 Å². The van der Waals surface area contributed by atoms with E-state index in [-0.39, 0.29) is 0 Å². The van der Waals surface area contributed by atoms with Gasteiger partial charge in [0.1, 0.15) is 0 Å². The molecule has 1 aromatic heterocycles. The average molecular weight is 279 g/mol. The summed E-state index contributed by atoms with van der Waals surface area (Å²) in [4.78, 5) is 4.30. The Bertz CT molecular complexity index is 505. The quantitative estimate of drug-likeness (QED) is 0.814. The van der Waals surface area contributed by atoms with Crippen molar-refractivity contribution in [1.82, 2.24) is 10.3 Å². The highest BCUT2D eigenvalue weighted by atomic mass is 35.5. The van der Waals surface area contributed by atoms with Crippen molar-refractivity contribution in [2.75, 3.05) is 6.54 Å². The second kappa shape index (κ2) is 6.73. The van der Waals surface area contributed by atoms with Gasteiger partial charge in [-0.3, -0.25) is 0 Å². The molecule has 0 fully saturated rings. The van der Waals surface area contributed by atoms with E-state index in [1.54, 1.807) is 6.20 Å². The van der Waals surface area contributed by atoms with Gasteiger partial charge < -0.3 is 9.73 Å². The monoisotopic (exact) mass is 278 g/mol. The summed E-state index contributed by atoms with van der Waals surface area (Å²) >= 11 is 5.86. The summed E-state index contributed by atoms with van der Waals surface area (Å²) in [6.45, 7) is 5.27. The predicted octanol–water partition coefficient (Wildman–Crippen LogP) is 3.93. The Kier molecular flexibility index (Phi) is 5.00. The molecule has 19 heavy (non-hydrogen) atoms. The Balaban J connectivity index is 1.90. The Hall–Kier alpha value is -1.32. The molecule has 0 atom stereocenters. The summed E-state index contributed by atoms with van der Waals surface area (Å²) in [5.41, 5.74) is 1.00. The third-order valence-electron chi connectivity index (χ3n) is 2.80. The minimum absolute atomic E-state index is 0.522. The molecule has 0 aliphatic heterocycles. The highest BCUT2D eigenvalue weighted by Crippen LogP contribution is 2.22. The van der Waals surface area contributed by atoms with Gasteiger partial charge in [0.15, 0.2) is 11.7 Å². The van der Waals surface area contributed by atoms with Gasteiger partial charge in [-0.2, -0.15) is 0 Å². The molecule has 0 saturated carbocycles. The van der Waals surface area contributed by atoms with Crippen LogP contribution in [-0.4, -0.2) is 17.6 Å². The van der Waals surface area contributed by atoms with Gasteiger partial charge in [0.05, 0.1) is 6.20 Å². The summed E-state index contributed by atoms with van der Waals surface area (Å²) in [5, 5.41) is 4.10. The first kappa shape index (κ1) is 14.1. The number of halogens is 1. The topological polar surface area (TPSA) is 38.1 Å². The third kappa shape index (κ3) is 4.37. The fourth-order valence-corrected chi connectivity index (χ4v) is 1.93. The Morgan fingerprint density at radius 2 is 2.00 bits per heavy atom. The number of rotatable bonds is 6. The smallest absolute Gasteiger partial charge is 0.194 e. The maximum absolute atomic E-state index is 5.86. The molecule has 4 heteroatoms. The molecule has 2 aromatic rings. The zero-order valence-electron chi connectivity index (χ0n) is 11.3. The lowest BCUT2D eigenvalue weighted by atomic mass is 10.2. The minimum Gasteiger partial charge on any atom is -0.441 e. The number of hydrogen-bond donors (Lipinski definition) is 1. The van der Waals surface area contributed by atoms with Crippen molar-refractivity contribution in [3.8, 4) is 11.3 Å². The molecule has 1 heterocycles. The predicted molar refractivity (Wildman–Crippen MR) is 78.4 cm³/mol. The first-order valence-electron chi connectivity index (χ1n) is 6.59. The van der Waals surface area contributed by atoms with Crippen molar-refractivity contribution in [1.29, 1.82) is 0 Å². The van der Waals surface area contributed by atoms with E-state index >= 15 is 0 Å². The molecule has 1 N–H and O–H groups in total. The zero-order valence-corrected chi connectivity index (χ0v) is 12.1. The lowest BCUT2D eigenvalue weighted by Gasteiger charge is -2.05. The molecular formula is C15H19ClN2O. The Morgan fingerprint density at radius 3 is 2.68 bits per heavy atom. The first-order valence-corrected chi connectivity index (χ1v) is 6.97. The van der Waals surface area contributed by atoms with E-state index in [1.165, 1.54) is 0 Å². The van der Waals surface area contributed by atoms with Crippen LogP contribution in [0.15, 0.2) is 34.9 Å². The van der Waals surface area contributed by atoms with Crippen molar-refractivity contribution < 1.29 is 4.42 Å². The van der Waals surface area contributed by atoms with Crippen LogP contribution in [0, 0.1) is 0 Å². The van der Waals surface area contributed by atoms with Crippen LogP contribution in [-0.2, 0) is 6.42 Å². The molecule has 1 aromatic carbocycles. The number of nitrogens with zero attached hydrogens (tertiary/aromatic N) is 1. The highest BCUT2D eigenvalue weighted by Gasteiger charge is 2.06. The number of aryl methyl sites for hydroxylation is 1. The largest absolute Gasteiger partial charge is 0.441 e. The SMILES string of the molecule is CC(C)NCCCc1ncc(-c2ccc(Cl)cc2)o1. The van der Waals surface area contributed by atoms with Crippen LogP contribution in [0.25, 0.3) is 11.3 Å². The van der Waals surface area contributed by atoms with E-state index in [0.29, 0.717) is 6.04 Å².